The summed E-state index contributed by atoms with van der Waals surface area (Å²) in [6.07, 6.45) is 3.95. The van der Waals surface area contributed by atoms with E-state index in [0.717, 1.165) is 99.5 Å². The van der Waals surface area contributed by atoms with Gasteiger partial charge in [0.1, 0.15) is 5.65 Å². The molecule has 0 amide bonds. The largest absolute Gasteiger partial charge is 0.299 e. The van der Waals surface area contributed by atoms with Gasteiger partial charge in [0.15, 0.2) is 0 Å². The Hall–Kier alpha value is -7.24. The van der Waals surface area contributed by atoms with Crippen LogP contribution in [0, 0.1) is 0 Å². The minimum atomic E-state index is 0.870. The maximum atomic E-state index is 5.39. The average Bonchev–Trinajstić information content (AvgIpc) is 3.64. The van der Waals surface area contributed by atoms with Gasteiger partial charge in [0.05, 0.1) is 39.1 Å². The predicted octanol–water partition coefficient (Wildman–Crippen LogP) is 12.0. The number of hydrogen-bond donors (Lipinski definition) is 0. The second kappa shape index (κ2) is 11.7. The van der Waals surface area contributed by atoms with E-state index >= 15 is 0 Å². The number of nitrogens with zero attached hydrogens (tertiary/aromatic N) is 5. The quantitative estimate of drug-likeness (QED) is 0.174. The molecule has 11 aromatic rings. The molecule has 4 aromatic heterocycles. The van der Waals surface area contributed by atoms with Crippen LogP contribution in [0.4, 0.5) is 0 Å². The zero-order chi connectivity index (χ0) is 34.9. The Morgan fingerprint density at radius 1 is 0.396 bits per heavy atom. The predicted molar refractivity (Wildman–Crippen MR) is 218 cm³/mol. The molecule has 53 heavy (non-hydrogen) atoms. The first-order valence-corrected chi connectivity index (χ1v) is 17.8. The van der Waals surface area contributed by atoms with Crippen molar-refractivity contribution in [3.05, 3.63) is 176 Å². The van der Waals surface area contributed by atoms with Crippen LogP contribution in [0.3, 0.4) is 0 Å². The molecule has 0 aliphatic heterocycles. The van der Waals surface area contributed by atoms with Crippen LogP contribution in [0.25, 0.3) is 105 Å². The third-order valence-corrected chi connectivity index (χ3v) is 10.4. The van der Waals surface area contributed by atoms with Gasteiger partial charge >= 0.3 is 0 Å². The summed E-state index contributed by atoms with van der Waals surface area (Å²) in [5.41, 5.74) is 12.9. The molecule has 0 N–H and O–H groups in total. The number of hydrogen-bond acceptors (Lipinski definition) is 4. The molecule has 5 nitrogen and oxygen atoms in total. The van der Waals surface area contributed by atoms with E-state index in [9.17, 15) is 0 Å². The standard InChI is InChI=1S/C48H29N5/c1-3-11-31(12-4-1)44-45(32-13-5-2-6-14-32)52-46-38-27-33(18-17-30(38)21-24-42(46)50-44)34-19-23-37-40(28-34)39-29-35(41-15-7-9-25-49-41)20-22-36(39)47-48(37)53-26-10-8-16-43(53)51-47/h1-29H. The highest BCUT2D eigenvalue weighted by molar-refractivity contribution is 6.25. The van der Waals surface area contributed by atoms with Crippen molar-refractivity contribution >= 4 is 60.0 Å². The lowest BCUT2D eigenvalue weighted by molar-refractivity contribution is 1.23. The average molecular weight is 676 g/mol. The summed E-state index contributed by atoms with van der Waals surface area (Å²) in [5.74, 6) is 0. The Morgan fingerprint density at radius 3 is 1.83 bits per heavy atom. The first-order valence-electron chi connectivity index (χ1n) is 17.8. The van der Waals surface area contributed by atoms with Crippen LogP contribution in [0.1, 0.15) is 0 Å². The van der Waals surface area contributed by atoms with Crippen LogP contribution in [-0.4, -0.2) is 24.3 Å². The van der Waals surface area contributed by atoms with E-state index in [0.29, 0.717) is 0 Å². The van der Waals surface area contributed by atoms with Gasteiger partial charge in [-0.2, -0.15) is 0 Å². The van der Waals surface area contributed by atoms with Gasteiger partial charge in [-0.25, -0.2) is 15.0 Å². The summed E-state index contributed by atoms with van der Waals surface area (Å²) in [7, 11) is 0. The number of aromatic nitrogens is 5. The molecule has 4 heterocycles. The smallest absolute Gasteiger partial charge is 0.137 e. The number of pyridine rings is 2. The Morgan fingerprint density at radius 2 is 1.04 bits per heavy atom. The first kappa shape index (κ1) is 29.5. The molecular formula is C48H29N5. The van der Waals surface area contributed by atoms with E-state index in [2.05, 4.69) is 149 Å². The van der Waals surface area contributed by atoms with E-state index in [-0.39, 0.29) is 0 Å². The fourth-order valence-electron chi connectivity index (χ4n) is 7.87. The molecule has 0 radical (unpaired) electrons. The molecule has 0 saturated heterocycles. The summed E-state index contributed by atoms with van der Waals surface area (Å²) in [5, 5.41) is 6.80. The van der Waals surface area contributed by atoms with Crippen molar-refractivity contribution in [1.29, 1.82) is 0 Å². The molecule has 0 saturated carbocycles. The number of rotatable bonds is 4. The maximum Gasteiger partial charge on any atom is 0.137 e. The lowest BCUT2D eigenvalue weighted by Gasteiger charge is -2.13. The van der Waals surface area contributed by atoms with Gasteiger partial charge in [-0.05, 0) is 75.8 Å². The van der Waals surface area contributed by atoms with E-state index in [1.165, 1.54) is 5.39 Å². The van der Waals surface area contributed by atoms with Crippen molar-refractivity contribution in [3.8, 4) is 44.9 Å². The van der Waals surface area contributed by atoms with E-state index < -0.39 is 0 Å². The molecular weight excluding hydrogens is 647 g/mol. The fraction of sp³-hybridized carbons (Fsp3) is 0. The van der Waals surface area contributed by atoms with Gasteiger partial charge in [0.2, 0.25) is 0 Å². The van der Waals surface area contributed by atoms with Crippen LogP contribution in [0.15, 0.2) is 176 Å². The zero-order valence-electron chi connectivity index (χ0n) is 28.5. The van der Waals surface area contributed by atoms with Gasteiger partial charge < -0.3 is 0 Å². The van der Waals surface area contributed by atoms with E-state index in [4.69, 9.17) is 15.0 Å². The van der Waals surface area contributed by atoms with Crippen molar-refractivity contribution in [3.63, 3.8) is 0 Å². The molecule has 0 unspecified atom stereocenters. The Bertz CT molecular complexity index is 3210. The Labute approximate surface area is 304 Å². The normalized spacial score (nSPS) is 11.8. The molecule has 7 aromatic carbocycles. The van der Waals surface area contributed by atoms with Crippen molar-refractivity contribution in [2.75, 3.05) is 0 Å². The SMILES string of the molecule is c1ccc(-c2nc3ccc4ccc(-c5ccc6c(c5)c5cc(-c7ccccn7)ccc5c5nc7ccccn7c65)cc4c3nc2-c2ccccc2)cc1. The number of fused-ring (bicyclic) bond motifs is 11. The van der Waals surface area contributed by atoms with Crippen molar-refractivity contribution in [2.24, 2.45) is 0 Å². The fourth-order valence-corrected chi connectivity index (χ4v) is 7.87. The highest BCUT2D eigenvalue weighted by Crippen LogP contribution is 2.40. The molecule has 11 rings (SSSR count). The van der Waals surface area contributed by atoms with Crippen LogP contribution in [0.2, 0.25) is 0 Å². The van der Waals surface area contributed by atoms with Crippen LogP contribution in [0.5, 0.6) is 0 Å². The highest BCUT2D eigenvalue weighted by atomic mass is 15.0. The van der Waals surface area contributed by atoms with Crippen LogP contribution >= 0.6 is 0 Å². The monoisotopic (exact) mass is 675 g/mol. The molecule has 0 atom stereocenters. The number of imidazole rings is 1. The van der Waals surface area contributed by atoms with Gasteiger partial charge in [-0.1, -0.05) is 115 Å². The van der Waals surface area contributed by atoms with Gasteiger partial charge in [0.25, 0.3) is 0 Å². The molecule has 0 fully saturated rings. The van der Waals surface area contributed by atoms with Crippen molar-refractivity contribution in [1.82, 2.24) is 24.3 Å². The summed E-state index contributed by atoms with van der Waals surface area (Å²) in [6.45, 7) is 0. The second-order valence-electron chi connectivity index (χ2n) is 13.5. The van der Waals surface area contributed by atoms with E-state index in [1.807, 2.05) is 36.5 Å². The minimum Gasteiger partial charge on any atom is -0.299 e. The van der Waals surface area contributed by atoms with E-state index in [1.54, 1.807) is 0 Å². The molecule has 0 bridgehead atoms. The summed E-state index contributed by atoms with van der Waals surface area (Å²) in [6, 6.07) is 57.3. The maximum absolute atomic E-state index is 5.39. The third kappa shape index (κ3) is 4.71. The molecule has 0 aliphatic carbocycles. The second-order valence-corrected chi connectivity index (χ2v) is 13.5. The van der Waals surface area contributed by atoms with Gasteiger partial charge in [-0.3, -0.25) is 9.38 Å². The lowest BCUT2D eigenvalue weighted by Crippen LogP contribution is -1.96. The summed E-state index contributed by atoms with van der Waals surface area (Å²) in [4.78, 5) is 20.4. The zero-order valence-corrected chi connectivity index (χ0v) is 28.5. The van der Waals surface area contributed by atoms with Crippen molar-refractivity contribution < 1.29 is 0 Å². The topological polar surface area (TPSA) is 56.0 Å². The highest BCUT2D eigenvalue weighted by Gasteiger charge is 2.18. The van der Waals surface area contributed by atoms with Crippen LogP contribution in [-0.2, 0) is 0 Å². The molecule has 5 heteroatoms. The summed E-state index contributed by atoms with van der Waals surface area (Å²) >= 11 is 0. The number of benzene rings is 7. The Balaban J connectivity index is 1.16. The minimum absolute atomic E-state index is 0.870. The Kier molecular flexibility index (Phi) is 6.48. The van der Waals surface area contributed by atoms with Gasteiger partial charge in [0, 0.05) is 45.2 Å². The molecule has 246 valence electrons. The van der Waals surface area contributed by atoms with Gasteiger partial charge in [-0.15, -0.1) is 0 Å². The first-order chi connectivity index (χ1) is 26.3. The molecule has 0 spiro atoms. The lowest BCUT2D eigenvalue weighted by atomic mass is 9.93. The third-order valence-electron chi connectivity index (χ3n) is 10.4. The van der Waals surface area contributed by atoms with Crippen molar-refractivity contribution in [2.45, 2.75) is 0 Å². The molecule has 0 aliphatic rings. The summed E-state index contributed by atoms with van der Waals surface area (Å²) < 4.78 is 2.21. The van der Waals surface area contributed by atoms with Crippen LogP contribution < -0.4 is 0 Å².